The topological polar surface area (TPSA) is 58.6 Å². The summed E-state index contributed by atoms with van der Waals surface area (Å²) >= 11 is 0. The van der Waals surface area contributed by atoms with Gasteiger partial charge in [-0.25, -0.2) is 0 Å². The number of fused-ring (bicyclic) bond motifs is 2. The molecule has 0 saturated heterocycles. The molecular formula is C19H15NO3. The fourth-order valence-electron chi connectivity index (χ4n) is 3.09. The van der Waals surface area contributed by atoms with Gasteiger partial charge in [0.05, 0.1) is 18.7 Å². The average molecular weight is 305 g/mol. The second kappa shape index (κ2) is 5.02. The fourth-order valence-corrected chi connectivity index (χ4v) is 3.09. The summed E-state index contributed by atoms with van der Waals surface area (Å²) < 4.78 is 5.22. The fraction of sp³-hybridized carbons (Fsp3) is 0.105. The smallest absolute Gasteiger partial charge is 0.195 e. The van der Waals surface area contributed by atoms with E-state index in [2.05, 4.69) is 5.32 Å². The molecule has 0 spiro atoms. The summed E-state index contributed by atoms with van der Waals surface area (Å²) in [6.45, 7) is 0. The number of aliphatic hydroxyl groups is 1. The molecule has 2 aromatic carbocycles. The Kier molecular flexibility index (Phi) is 2.98. The molecule has 1 atom stereocenters. The van der Waals surface area contributed by atoms with Crippen molar-refractivity contribution in [3.8, 4) is 5.75 Å². The maximum absolute atomic E-state index is 12.6. The molecule has 1 heterocycles. The Bertz CT molecular complexity index is 880. The zero-order chi connectivity index (χ0) is 16.0. The number of methoxy groups -OCH3 is 1. The number of ether oxygens (including phenoxy) is 1. The van der Waals surface area contributed by atoms with Gasteiger partial charge in [0, 0.05) is 22.4 Å². The molecule has 0 aromatic heterocycles. The largest absolute Gasteiger partial charge is 0.507 e. The predicted molar refractivity (Wildman–Crippen MR) is 89.8 cm³/mol. The Balaban J connectivity index is 1.72. The number of carbonyl (C=O) groups is 1. The molecule has 2 aromatic rings. The van der Waals surface area contributed by atoms with Gasteiger partial charge in [-0.2, -0.15) is 0 Å². The zero-order valence-corrected chi connectivity index (χ0v) is 12.5. The Hall–Kier alpha value is -3.01. The highest BCUT2D eigenvalue weighted by atomic mass is 16.5. The van der Waals surface area contributed by atoms with E-state index in [1.807, 2.05) is 36.4 Å². The third-order valence-electron chi connectivity index (χ3n) is 4.28. The van der Waals surface area contributed by atoms with Gasteiger partial charge in [-0.15, -0.1) is 0 Å². The maximum atomic E-state index is 12.6. The van der Waals surface area contributed by atoms with Crippen molar-refractivity contribution in [2.24, 2.45) is 0 Å². The second-order valence-corrected chi connectivity index (χ2v) is 5.57. The molecule has 2 N–H and O–H groups in total. The monoisotopic (exact) mass is 305 g/mol. The summed E-state index contributed by atoms with van der Waals surface area (Å²) in [6, 6.07) is 12.5. The molecule has 114 valence electrons. The van der Waals surface area contributed by atoms with E-state index < -0.39 is 0 Å². The number of carbonyl (C=O) groups excluding carboxylic acids is 1. The number of aliphatic hydroxyl groups excluding tert-OH is 1. The molecule has 0 saturated carbocycles. The van der Waals surface area contributed by atoms with E-state index in [-0.39, 0.29) is 17.6 Å². The molecule has 4 nitrogen and oxygen atoms in total. The van der Waals surface area contributed by atoms with Crippen LogP contribution in [0.25, 0.3) is 11.8 Å². The van der Waals surface area contributed by atoms with Crippen LogP contribution in [0, 0.1) is 0 Å². The molecular weight excluding hydrogens is 290 g/mol. The van der Waals surface area contributed by atoms with Crippen LogP contribution in [-0.2, 0) is 0 Å². The minimum Gasteiger partial charge on any atom is -0.507 e. The van der Waals surface area contributed by atoms with Crippen LogP contribution >= 0.6 is 0 Å². The van der Waals surface area contributed by atoms with Gasteiger partial charge in [-0.3, -0.25) is 4.79 Å². The van der Waals surface area contributed by atoms with E-state index in [1.165, 1.54) is 0 Å². The molecule has 23 heavy (non-hydrogen) atoms. The van der Waals surface area contributed by atoms with Gasteiger partial charge in [-0.1, -0.05) is 36.4 Å². The van der Waals surface area contributed by atoms with E-state index in [1.54, 1.807) is 25.3 Å². The van der Waals surface area contributed by atoms with Gasteiger partial charge < -0.3 is 15.2 Å². The molecule has 1 aliphatic heterocycles. The lowest BCUT2D eigenvalue weighted by molar-refractivity contribution is 0.103. The maximum Gasteiger partial charge on any atom is 0.195 e. The van der Waals surface area contributed by atoms with Crippen LogP contribution < -0.4 is 10.1 Å². The van der Waals surface area contributed by atoms with E-state index in [4.69, 9.17) is 4.74 Å². The first-order valence-corrected chi connectivity index (χ1v) is 7.39. The van der Waals surface area contributed by atoms with Crippen LogP contribution in [0.1, 0.15) is 21.5 Å². The van der Waals surface area contributed by atoms with Crippen molar-refractivity contribution >= 4 is 23.3 Å². The summed E-state index contributed by atoms with van der Waals surface area (Å²) in [5, 5.41) is 13.8. The molecule has 0 bridgehead atoms. The second-order valence-electron chi connectivity index (χ2n) is 5.57. The number of Topliss-reactive ketones (excluding diaryl/α,β-unsaturated/α-hetero) is 1. The van der Waals surface area contributed by atoms with Gasteiger partial charge in [0.25, 0.3) is 0 Å². The third-order valence-corrected chi connectivity index (χ3v) is 4.28. The SMILES string of the molecule is COc1ccc2c(c1)C=C[C@H](C1=C(O)c3ccccc3C1=O)N2. The standard InChI is InChI=1S/C19H15NO3/c1-23-12-7-9-15-11(10-12)6-8-16(20-15)17-18(21)13-4-2-3-5-14(13)19(17)22/h2-10,16,20-21H,1H3/t16-/m1/s1. The Morgan fingerprint density at radius 3 is 2.65 bits per heavy atom. The highest BCUT2D eigenvalue weighted by Gasteiger charge is 2.34. The van der Waals surface area contributed by atoms with E-state index >= 15 is 0 Å². The Morgan fingerprint density at radius 1 is 1.13 bits per heavy atom. The van der Waals surface area contributed by atoms with E-state index in [0.717, 1.165) is 17.0 Å². The first kappa shape index (κ1) is 13.6. The summed E-state index contributed by atoms with van der Waals surface area (Å²) in [5.74, 6) is 0.710. The van der Waals surface area contributed by atoms with Crippen molar-refractivity contribution in [1.82, 2.24) is 0 Å². The predicted octanol–water partition coefficient (Wildman–Crippen LogP) is 3.67. The number of hydrogen-bond acceptors (Lipinski definition) is 4. The van der Waals surface area contributed by atoms with Gasteiger partial charge in [-0.05, 0) is 18.2 Å². The molecule has 2 aliphatic rings. The number of hydrogen-bond donors (Lipinski definition) is 2. The number of benzene rings is 2. The molecule has 0 unspecified atom stereocenters. The van der Waals surface area contributed by atoms with E-state index in [9.17, 15) is 9.90 Å². The summed E-state index contributed by atoms with van der Waals surface area (Å²) in [4.78, 5) is 12.6. The lowest BCUT2D eigenvalue weighted by atomic mass is 9.97. The van der Waals surface area contributed by atoms with Crippen LogP contribution in [0.15, 0.2) is 54.1 Å². The molecule has 0 radical (unpaired) electrons. The molecule has 4 heteroatoms. The van der Waals surface area contributed by atoms with Crippen molar-refractivity contribution < 1.29 is 14.6 Å². The van der Waals surface area contributed by atoms with Gasteiger partial charge in [0.15, 0.2) is 5.78 Å². The van der Waals surface area contributed by atoms with Gasteiger partial charge >= 0.3 is 0 Å². The highest BCUT2D eigenvalue weighted by Crippen LogP contribution is 2.36. The minimum atomic E-state index is -0.351. The van der Waals surface area contributed by atoms with Crippen LogP contribution in [0.5, 0.6) is 5.75 Å². The van der Waals surface area contributed by atoms with Crippen molar-refractivity contribution in [1.29, 1.82) is 0 Å². The highest BCUT2D eigenvalue weighted by molar-refractivity contribution is 6.20. The normalized spacial score (nSPS) is 18.5. The summed E-state index contributed by atoms with van der Waals surface area (Å²) in [7, 11) is 1.63. The van der Waals surface area contributed by atoms with Crippen molar-refractivity contribution in [2.45, 2.75) is 6.04 Å². The van der Waals surface area contributed by atoms with E-state index in [0.29, 0.717) is 16.7 Å². The minimum absolute atomic E-state index is 0.0599. The summed E-state index contributed by atoms with van der Waals surface area (Å²) in [5.41, 5.74) is 3.44. The molecule has 0 amide bonds. The molecule has 4 rings (SSSR count). The number of ketones is 1. The van der Waals surface area contributed by atoms with Crippen LogP contribution in [0.2, 0.25) is 0 Å². The lowest BCUT2D eigenvalue weighted by Gasteiger charge is -2.23. The average Bonchev–Trinajstić information content (AvgIpc) is 2.85. The van der Waals surface area contributed by atoms with Crippen molar-refractivity contribution in [3.05, 3.63) is 70.8 Å². The third kappa shape index (κ3) is 2.03. The van der Waals surface area contributed by atoms with Crippen molar-refractivity contribution in [3.63, 3.8) is 0 Å². The number of nitrogens with one attached hydrogen (secondary N) is 1. The first-order valence-electron chi connectivity index (χ1n) is 7.39. The van der Waals surface area contributed by atoms with Gasteiger partial charge in [0.1, 0.15) is 11.5 Å². The first-order chi connectivity index (χ1) is 11.2. The Morgan fingerprint density at radius 2 is 1.91 bits per heavy atom. The lowest BCUT2D eigenvalue weighted by Crippen LogP contribution is -2.26. The van der Waals surface area contributed by atoms with Crippen LogP contribution in [0.4, 0.5) is 5.69 Å². The van der Waals surface area contributed by atoms with Crippen LogP contribution in [0.3, 0.4) is 0 Å². The quantitative estimate of drug-likeness (QED) is 0.889. The number of rotatable bonds is 2. The zero-order valence-electron chi connectivity index (χ0n) is 12.5. The van der Waals surface area contributed by atoms with Crippen LogP contribution in [-0.4, -0.2) is 24.0 Å². The van der Waals surface area contributed by atoms with Crippen molar-refractivity contribution in [2.75, 3.05) is 12.4 Å². The van der Waals surface area contributed by atoms with Gasteiger partial charge in [0.2, 0.25) is 0 Å². The Labute approximate surface area is 133 Å². The number of anilines is 1. The molecule has 0 fully saturated rings. The summed E-state index contributed by atoms with van der Waals surface area (Å²) in [6.07, 6.45) is 3.83. The molecule has 1 aliphatic carbocycles.